The third-order valence-corrected chi connectivity index (χ3v) is 2.97. The zero-order valence-corrected chi connectivity index (χ0v) is 12.3. The number of aliphatic hydroxyl groups excluding tert-OH is 1. The van der Waals surface area contributed by atoms with Gasteiger partial charge in [0.15, 0.2) is 5.60 Å². The molecule has 1 aromatic carbocycles. The molecule has 1 atom stereocenters. The monoisotopic (exact) mass is 283 g/mol. The smallest absolute Gasteiger partial charge is 0.263 e. The molecule has 0 bridgehead atoms. The van der Waals surface area contributed by atoms with Crippen LogP contribution in [-0.4, -0.2) is 29.3 Å². The van der Waals surface area contributed by atoms with Crippen molar-refractivity contribution in [2.45, 2.75) is 39.4 Å². The molecule has 0 aromatic heterocycles. The maximum atomic E-state index is 12.8. The summed E-state index contributed by atoms with van der Waals surface area (Å²) in [5, 5.41) is 12.3. The minimum absolute atomic E-state index is 0.0661. The summed E-state index contributed by atoms with van der Waals surface area (Å²) < 4.78 is 18.4. The number of carbonyl (C=O) groups excluding carboxylic acids is 1. The van der Waals surface area contributed by atoms with Gasteiger partial charge in [-0.05, 0) is 44.0 Å². The van der Waals surface area contributed by atoms with E-state index in [4.69, 9.17) is 4.74 Å². The molecule has 0 fully saturated rings. The zero-order chi connectivity index (χ0) is 15.3. The predicted octanol–water partition coefficient (Wildman–Crippen LogP) is 2.12. The summed E-state index contributed by atoms with van der Waals surface area (Å²) in [4.78, 5) is 12.0. The van der Waals surface area contributed by atoms with Gasteiger partial charge >= 0.3 is 0 Å². The average Bonchev–Trinajstić information content (AvgIpc) is 2.37. The van der Waals surface area contributed by atoms with Crippen molar-refractivity contribution in [1.82, 2.24) is 5.32 Å². The molecule has 0 aliphatic heterocycles. The zero-order valence-electron chi connectivity index (χ0n) is 12.3. The minimum atomic E-state index is -1.10. The van der Waals surface area contributed by atoms with Gasteiger partial charge in [0.2, 0.25) is 0 Å². The van der Waals surface area contributed by atoms with Crippen LogP contribution in [-0.2, 0) is 4.79 Å². The Kier molecular flexibility index (Phi) is 5.51. The van der Waals surface area contributed by atoms with Crippen molar-refractivity contribution in [1.29, 1.82) is 0 Å². The summed E-state index contributed by atoms with van der Waals surface area (Å²) >= 11 is 0. The quantitative estimate of drug-likeness (QED) is 0.840. The van der Waals surface area contributed by atoms with Gasteiger partial charge in [0.1, 0.15) is 11.6 Å². The number of benzene rings is 1. The van der Waals surface area contributed by atoms with E-state index in [1.54, 1.807) is 13.8 Å². The molecule has 0 radical (unpaired) electrons. The second-order valence-electron chi connectivity index (χ2n) is 5.59. The standard InChI is InChI=1S/C15H22FNO3/c1-10(2)13(18)9-17-14(19)15(3,4)20-12-7-5-11(16)6-8-12/h5-8,10,13,18H,9H2,1-4H3,(H,17,19). The second-order valence-corrected chi connectivity index (χ2v) is 5.59. The van der Waals surface area contributed by atoms with Crippen LogP contribution in [0.15, 0.2) is 24.3 Å². The Hall–Kier alpha value is -1.62. The van der Waals surface area contributed by atoms with E-state index in [0.717, 1.165) is 0 Å². The maximum Gasteiger partial charge on any atom is 0.263 e. The van der Waals surface area contributed by atoms with Crippen molar-refractivity contribution in [3.63, 3.8) is 0 Å². The normalized spacial score (nSPS) is 13.2. The highest BCUT2D eigenvalue weighted by molar-refractivity contribution is 5.84. The van der Waals surface area contributed by atoms with Crippen LogP contribution in [0.2, 0.25) is 0 Å². The Bertz CT molecular complexity index is 443. The van der Waals surface area contributed by atoms with Gasteiger partial charge in [-0.3, -0.25) is 4.79 Å². The van der Waals surface area contributed by atoms with Gasteiger partial charge < -0.3 is 15.2 Å². The Labute approximate surface area is 119 Å². The lowest BCUT2D eigenvalue weighted by molar-refractivity contribution is -0.134. The number of hydrogen-bond donors (Lipinski definition) is 2. The second kappa shape index (κ2) is 6.70. The molecule has 0 aliphatic carbocycles. The number of ether oxygens (including phenoxy) is 1. The first-order chi connectivity index (χ1) is 9.22. The molecular weight excluding hydrogens is 261 g/mol. The van der Waals surface area contributed by atoms with Crippen molar-refractivity contribution in [2.75, 3.05) is 6.54 Å². The van der Waals surface area contributed by atoms with Gasteiger partial charge in [-0.2, -0.15) is 0 Å². The fourth-order valence-corrected chi connectivity index (χ4v) is 1.49. The number of rotatable bonds is 6. The van der Waals surface area contributed by atoms with Crippen LogP contribution in [0.1, 0.15) is 27.7 Å². The van der Waals surface area contributed by atoms with Crippen molar-refractivity contribution >= 4 is 5.91 Å². The number of hydrogen-bond acceptors (Lipinski definition) is 3. The molecule has 0 saturated carbocycles. The summed E-state index contributed by atoms with van der Waals surface area (Å²) in [6.07, 6.45) is -0.597. The topological polar surface area (TPSA) is 58.6 Å². The average molecular weight is 283 g/mol. The largest absolute Gasteiger partial charge is 0.478 e. The van der Waals surface area contributed by atoms with E-state index in [-0.39, 0.29) is 24.2 Å². The van der Waals surface area contributed by atoms with E-state index >= 15 is 0 Å². The SMILES string of the molecule is CC(C)C(O)CNC(=O)C(C)(C)Oc1ccc(F)cc1. The molecule has 0 spiro atoms. The van der Waals surface area contributed by atoms with E-state index in [1.165, 1.54) is 24.3 Å². The van der Waals surface area contributed by atoms with E-state index in [2.05, 4.69) is 5.32 Å². The molecule has 4 nitrogen and oxygen atoms in total. The fourth-order valence-electron chi connectivity index (χ4n) is 1.49. The van der Waals surface area contributed by atoms with Crippen molar-refractivity contribution in [2.24, 2.45) is 5.92 Å². The first-order valence-corrected chi connectivity index (χ1v) is 6.63. The molecule has 112 valence electrons. The lowest BCUT2D eigenvalue weighted by Gasteiger charge is -2.26. The van der Waals surface area contributed by atoms with Gasteiger partial charge in [-0.25, -0.2) is 4.39 Å². The molecular formula is C15H22FNO3. The summed E-state index contributed by atoms with van der Waals surface area (Å²) in [5.41, 5.74) is -1.10. The molecule has 1 aromatic rings. The molecule has 1 unspecified atom stereocenters. The summed E-state index contributed by atoms with van der Waals surface area (Å²) in [5.74, 6) is -0.214. The predicted molar refractivity (Wildman–Crippen MR) is 75.0 cm³/mol. The van der Waals surface area contributed by atoms with Crippen LogP contribution in [0.5, 0.6) is 5.75 Å². The van der Waals surface area contributed by atoms with Gasteiger partial charge in [0, 0.05) is 6.54 Å². The highest BCUT2D eigenvalue weighted by Gasteiger charge is 2.30. The minimum Gasteiger partial charge on any atom is -0.478 e. The molecule has 0 aliphatic rings. The molecule has 2 N–H and O–H groups in total. The van der Waals surface area contributed by atoms with Crippen LogP contribution in [0.3, 0.4) is 0 Å². The highest BCUT2D eigenvalue weighted by Crippen LogP contribution is 2.19. The van der Waals surface area contributed by atoms with E-state index in [0.29, 0.717) is 5.75 Å². The first kappa shape index (κ1) is 16.4. The number of aliphatic hydroxyl groups is 1. The van der Waals surface area contributed by atoms with Crippen LogP contribution in [0, 0.1) is 11.7 Å². The Balaban J connectivity index is 2.58. The molecule has 20 heavy (non-hydrogen) atoms. The van der Waals surface area contributed by atoms with Crippen molar-refractivity contribution < 1.29 is 19.0 Å². The molecule has 1 amide bonds. The Morgan fingerprint density at radius 3 is 2.40 bits per heavy atom. The summed E-state index contributed by atoms with van der Waals surface area (Å²) in [6.45, 7) is 7.15. The number of carbonyl (C=O) groups is 1. The summed E-state index contributed by atoms with van der Waals surface area (Å²) in [6, 6.07) is 5.47. The number of amides is 1. The fraction of sp³-hybridized carbons (Fsp3) is 0.533. The highest BCUT2D eigenvalue weighted by atomic mass is 19.1. The van der Waals surface area contributed by atoms with E-state index in [9.17, 15) is 14.3 Å². The number of halogens is 1. The molecule has 1 rings (SSSR count). The van der Waals surface area contributed by atoms with Crippen LogP contribution < -0.4 is 10.1 Å². The first-order valence-electron chi connectivity index (χ1n) is 6.63. The van der Waals surface area contributed by atoms with E-state index < -0.39 is 11.7 Å². The lowest BCUT2D eigenvalue weighted by Crippen LogP contribution is -2.49. The summed E-state index contributed by atoms with van der Waals surface area (Å²) in [7, 11) is 0. The Morgan fingerprint density at radius 2 is 1.90 bits per heavy atom. The van der Waals surface area contributed by atoms with Gasteiger partial charge in [-0.15, -0.1) is 0 Å². The van der Waals surface area contributed by atoms with Crippen molar-refractivity contribution in [3.05, 3.63) is 30.1 Å². The molecule has 5 heteroatoms. The van der Waals surface area contributed by atoms with Gasteiger partial charge in [0.25, 0.3) is 5.91 Å². The molecule has 0 saturated heterocycles. The third kappa shape index (κ3) is 4.81. The van der Waals surface area contributed by atoms with Crippen molar-refractivity contribution in [3.8, 4) is 5.75 Å². The van der Waals surface area contributed by atoms with Crippen LogP contribution in [0.4, 0.5) is 4.39 Å². The van der Waals surface area contributed by atoms with Gasteiger partial charge in [-0.1, -0.05) is 13.8 Å². The third-order valence-electron chi connectivity index (χ3n) is 2.97. The Morgan fingerprint density at radius 1 is 1.35 bits per heavy atom. The van der Waals surface area contributed by atoms with Crippen LogP contribution in [0.25, 0.3) is 0 Å². The van der Waals surface area contributed by atoms with Crippen LogP contribution >= 0.6 is 0 Å². The van der Waals surface area contributed by atoms with Gasteiger partial charge in [0.05, 0.1) is 6.10 Å². The number of nitrogens with one attached hydrogen (secondary N) is 1. The van der Waals surface area contributed by atoms with E-state index in [1.807, 2.05) is 13.8 Å². The maximum absolute atomic E-state index is 12.8. The lowest BCUT2D eigenvalue weighted by atomic mass is 10.1. The molecule has 0 heterocycles.